The van der Waals surface area contributed by atoms with E-state index in [0.717, 1.165) is 17.6 Å². The Balaban J connectivity index is 2.50. The zero-order valence-electron chi connectivity index (χ0n) is 10.7. The van der Waals surface area contributed by atoms with E-state index < -0.39 is 14.9 Å². The van der Waals surface area contributed by atoms with Gasteiger partial charge in [-0.3, -0.25) is 10.1 Å². The molecule has 1 fully saturated rings. The second-order valence-corrected chi connectivity index (χ2v) is 7.88. The molecule has 1 aromatic carbocycles. The van der Waals surface area contributed by atoms with E-state index in [-0.39, 0.29) is 15.6 Å². The van der Waals surface area contributed by atoms with Crippen molar-refractivity contribution >= 4 is 39.1 Å². The first-order valence-corrected chi connectivity index (χ1v) is 8.84. The van der Waals surface area contributed by atoms with Gasteiger partial charge in [0.25, 0.3) is 5.69 Å². The first-order valence-electron chi connectivity index (χ1n) is 5.86. The van der Waals surface area contributed by atoms with Crippen LogP contribution >= 0.6 is 23.4 Å². The maximum absolute atomic E-state index is 12.5. The molecule has 1 aliphatic heterocycles. The highest BCUT2D eigenvalue weighted by Gasteiger charge is 2.30. The number of benzene rings is 1. The molecule has 6 nitrogen and oxygen atoms in total. The van der Waals surface area contributed by atoms with Crippen LogP contribution < -0.4 is 0 Å². The zero-order valence-corrected chi connectivity index (χ0v) is 13.1. The Kier molecular flexibility index (Phi) is 4.58. The molecule has 110 valence electrons. The van der Waals surface area contributed by atoms with E-state index in [1.54, 1.807) is 18.7 Å². The van der Waals surface area contributed by atoms with Crippen LogP contribution in [-0.4, -0.2) is 42.2 Å². The predicted octanol–water partition coefficient (Wildman–Crippen LogP) is 2.29. The van der Waals surface area contributed by atoms with Gasteiger partial charge in [0.2, 0.25) is 10.0 Å². The molecular weight excluding hydrogens is 324 g/mol. The Hall–Kier alpha value is -0.830. The lowest BCUT2D eigenvalue weighted by atomic mass is 10.2. The summed E-state index contributed by atoms with van der Waals surface area (Å²) in [5, 5.41) is 10.8. The average molecular weight is 337 g/mol. The standard InChI is InChI=1S/C11H13ClN2O4S2/c1-8-6-9(12)10(14(15)16)7-11(8)20(17,18)13-2-4-19-5-3-13/h6-7H,2-5H2,1H3. The highest BCUT2D eigenvalue weighted by atomic mass is 35.5. The van der Waals surface area contributed by atoms with Crippen molar-refractivity contribution < 1.29 is 13.3 Å². The Bertz CT molecular complexity index is 642. The molecule has 0 spiro atoms. The van der Waals surface area contributed by atoms with Crippen LogP contribution in [0.15, 0.2) is 17.0 Å². The predicted molar refractivity (Wildman–Crippen MR) is 78.9 cm³/mol. The first-order chi connectivity index (χ1) is 9.34. The number of halogens is 1. The minimum atomic E-state index is -3.71. The van der Waals surface area contributed by atoms with Crippen LogP contribution in [0.2, 0.25) is 5.02 Å². The summed E-state index contributed by atoms with van der Waals surface area (Å²) in [6, 6.07) is 2.38. The molecule has 0 unspecified atom stereocenters. The minimum absolute atomic E-state index is 0.0412. The van der Waals surface area contributed by atoms with E-state index in [4.69, 9.17) is 11.6 Å². The van der Waals surface area contributed by atoms with Crippen molar-refractivity contribution in [2.24, 2.45) is 0 Å². The molecule has 0 N–H and O–H groups in total. The van der Waals surface area contributed by atoms with Gasteiger partial charge in [0.1, 0.15) is 5.02 Å². The Labute approximate surface area is 126 Å². The van der Waals surface area contributed by atoms with Crippen LogP contribution in [0.1, 0.15) is 5.56 Å². The molecule has 1 saturated heterocycles. The van der Waals surface area contributed by atoms with E-state index in [9.17, 15) is 18.5 Å². The molecule has 0 aromatic heterocycles. The minimum Gasteiger partial charge on any atom is -0.258 e. The van der Waals surface area contributed by atoms with Gasteiger partial charge in [-0.2, -0.15) is 16.1 Å². The number of hydrogen-bond donors (Lipinski definition) is 0. The van der Waals surface area contributed by atoms with E-state index in [1.807, 2.05) is 0 Å². The molecule has 0 amide bonds. The summed E-state index contributed by atoms with van der Waals surface area (Å²) in [6.07, 6.45) is 0. The van der Waals surface area contributed by atoms with Crippen molar-refractivity contribution in [3.05, 3.63) is 32.8 Å². The molecule has 1 aromatic rings. The molecule has 0 aliphatic carbocycles. The normalized spacial score (nSPS) is 17.1. The van der Waals surface area contributed by atoms with Crippen LogP contribution in [0, 0.1) is 17.0 Å². The van der Waals surface area contributed by atoms with Crippen molar-refractivity contribution in [2.75, 3.05) is 24.6 Å². The summed E-state index contributed by atoms with van der Waals surface area (Å²) in [7, 11) is -3.71. The monoisotopic (exact) mass is 336 g/mol. The first kappa shape index (κ1) is 15.6. The summed E-state index contributed by atoms with van der Waals surface area (Å²) in [6.45, 7) is 2.42. The van der Waals surface area contributed by atoms with Crippen molar-refractivity contribution in [1.82, 2.24) is 4.31 Å². The second kappa shape index (κ2) is 5.88. The van der Waals surface area contributed by atoms with Crippen LogP contribution in [0.4, 0.5) is 5.69 Å². The lowest BCUT2D eigenvalue weighted by molar-refractivity contribution is -0.384. The quantitative estimate of drug-likeness (QED) is 0.625. The van der Waals surface area contributed by atoms with E-state index in [2.05, 4.69) is 0 Å². The molecule has 0 atom stereocenters. The number of aryl methyl sites for hydroxylation is 1. The largest absolute Gasteiger partial charge is 0.289 e. The second-order valence-electron chi connectivity index (χ2n) is 4.34. The molecule has 9 heteroatoms. The summed E-state index contributed by atoms with van der Waals surface area (Å²) in [5.74, 6) is 1.46. The zero-order chi connectivity index (χ0) is 14.9. The molecule has 0 saturated carbocycles. The van der Waals surface area contributed by atoms with Gasteiger partial charge >= 0.3 is 0 Å². The van der Waals surface area contributed by atoms with Crippen LogP contribution in [-0.2, 0) is 10.0 Å². The Morgan fingerprint density at radius 2 is 1.95 bits per heavy atom. The van der Waals surface area contributed by atoms with E-state index in [1.165, 1.54) is 10.4 Å². The smallest absolute Gasteiger partial charge is 0.258 e. The molecule has 2 rings (SSSR count). The Morgan fingerprint density at radius 3 is 2.50 bits per heavy atom. The Morgan fingerprint density at radius 1 is 1.35 bits per heavy atom. The summed E-state index contributed by atoms with van der Waals surface area (Å²) in [5.41, 5.74) is 0.0288. The summed E-state index contributed by atoms with van der Waals surface area (Å²) < 4.78 is 26.5. The lowest BCUT2D eigenvalue weighted by Gasteiger charge is -2.26. The van der Waals surface area contributed by atoms with Crippen LogP contribution in [0.5, 0.6) is 0 Å². The molecule has 0 radical (unpaired) electrons. The van der Waals surface area contributed by atoms with Gasteiger partial charge in [0.05, 0.1) is 9.82 Å². The van der Waals surface area contributed by atoms with Gasteiger partial charge in [0, 0.05) is 30.7 Å². The SMILES string of the molecule is Cc1cc(Cl)c([N+](=O)[O-])cc1S(=O)(=O)N1CCSCC1. The fraction of sp³-hybridized carbons (Fsp3) is 0.455. The number of nitro benzene ring substituents is 1. The molecule has 1 heterocycles. The maximum Gasteiger partial charge on any atom is 0.289 e. The number of nitro groups is 1. The van der Waals surface area contributed by atoms with Crippen molar-refractivity contribution in [3.8, 4) is 0 Å². The molecule has 0 bridgehead atoms. The number of thioether (sulfide) groups is 1. The van der Waals surface area contributed by atoms with Crippen LogP contribution in [0.25, 0.3) is 0 Å². The van der Waals surface area contributed by atoms with Crippen molar-refractivity contribution in [2.45, 2.75) is 11.8 Å². The number of nitrogens with zero attached hydrogens (tertiary/aromatic N) is 2. The lowest BCUT2D eigenvalue weighted by Crippen LogP contribution is -2.38. The molecule has 1 aliphatic rings. The van der Waals surface area contributed by atoms with E-state index >= 15 is 0 Å². The number of rotatable bonds is 3. The summed E-state index contributed by atoms with van der Waals surface area (Å²) >= 11 is 7.47. The van der Waals surface area contributed by atoms with Crippen molar-refractivity contribution in [1.29, 1.82) is 0 Å². The van der Waals surface area contributed by atoms with Gasteiger partial charge in [-0.15, -0.1) is 0 Å². The molecular formula is C11H13ClN2O4S2. The van der Waals surface area contributed by atoms with Crippen molar-refractivity contribution in [3.63, 3.8) is 0 Å². The van der Waals surface area contributed by atoms with Gasteiger partial charge in [-0.1, -0.05) is 11.6 Å². The third-order valence-corrected chi connectivity index (χ3v) is 6.31. The van der Waals surface area contributed by atoms with Crippen LogP contribution in [0.3, 0.4) is 0 Å². The topological polar surface area (TPSA) is 80.5 Å². The molecule has 20 heavy (non-hydrogen) atoms. The average Bonchev–Trinajstić information content (AvgIpc) is 2.39. The third kappa shape index (κ3) is 2.93. The van der Waals surface area contributed by atoms with Gasteiger partial charge in [-0.05, 0) is 18.6 Å². The van der Waals surface area contributed by atoms with Gasteiger partial charge < -0.3 is 0 Å². The van der Waals surface area contributed by atoms with E-state index in [0.29, 0.717) is 18.7 Å². The number of hydrogen-bond acceptors (Lipinski definition) is 5. The number of sulfonamides is 1. The highest BCUT2D eigenvalue weighted by Crippen LogP contribution is 2.32. The maximum atomic E-state index is 12.5. The fourth-order valence-corrected chi connectivity index (χ4v) is 5.08. The fourth-order valence-electron chi connectivity index (χ4n) is 1.99. The third-order valence-electron chi connectivity index (χ3n) is 3.03. The summed E-state index contributed by atoms with van der Waals surface area (Å²) in [4.78, 5) is 10.2. The van der Waals surface area contributed by atoms with Gasteiger partial charge in [-0.25, -0.2) is 8.42 Å². The van der Waals surface area contributed by atoms with Gasteiger partial charge in [0.15, 0.2) is 0 Å². The highest BCUT2D eigenvalue weighted by molar-refractivity contribution is 7.99.